The van der Waals surface area contributed by atoms with E-state index in [4.69, 9.17) is 5.11 Å². The number of aliphatic carboxylic acids is 1. The van der Waals surface area contributed by atoms with Gasteiger partial charge in [-0.05, 0) is 30.5 Å². The van der Waals surface area contributed by atoms with Gasteiger partial charge in [-0.2, -0.15) is 0 Å². The number of aryl methyl sites for hydroxylation is 1. The lowest BCUT2D eigenvalue weighted by molar-refractivity contribution is -0.138. The van der Waals surface area contributed by atoms with Gasteiger partial charge in [0, 0.05) is 10.2 Å². The molecule has 3 nitrogen and oxygen atoms in total. The topological polar surface area (TPSA) is 49.3 Å². The summed E-state index contributed by atoms with van der Waals surface area (Å²) in [5.41, 5.74) is 1.94. The third-order valence-corrected chi connectivity index (χ3v) is 3.28. The van der Waals surface area contributed by atoms with Crippen molar-refractivity contribution in [3.05, 3.63) is 28.2 Å². The molecule has 0 aliphatic heterocycles. The highest BCUT2D eigenvalue weighted by atomic mass is 79.9. The summed E-state index contributed by atoms with van der Waals surface area (Å²) in [4.78, 5) is 11.0. The van der Waals surface area contributed by atoms with E-state index in [1.54, 1.807) is 0 Å². The second-order valence-corrected chi connectivity index (χ2v) is 5.02. The first kappa shape index (κ1) is 13.0. The van der Waals surface area contributed by atoms with Crippen molar-refractivity contribution in [2.24, 2.45) is 5.92 Å². The number of carbonyl (C=O) groups is 1. The number of hydrogen-bond donors (Lipinski definition) is 2. The Bertz CT molecular complexity index is 391. The monoisotopic (exact) mass is 285 g/mol. The van der Waals surface area contributed by atoms with E-state index in [0.29, 0.717) is 0 Å². The second kappa shape index (κ2) is 5.34. The van der Waals surface area contributed by atoms with Crippen molar-refractivity contribution in [2.75, 3.05) is 5.32 Å². The molecule has 0 bridgehead atoms. The van der Waals surface area contributed by atoms with Gasteiger partial charge in [0.2, 0.25) is 0 Å². The van der Waals surface area contributed by atoms with Crippen LogP contribution >= 0.6 is 15.9 Å². The van der Waals surface area contributed by atoms with Crippen LogP contribution in [0, 0.1) is 12.8 Å². The predicted molar refractivity (Wildman–Crippen MR) is 68.8 cm³/mol. The first-order chi connectivity index (χ1) is 7.41. The molecule has 0 saturated heterocycles. The van der Waals surface area contributed by atoms with Crippen LogP contribution in [0.4, 0.5) is 5.69 Å². The predicted octanol–water partition coefficient (Wildman–Crippen LogP) is 3.28. The van der Waals surface area contributed by atoms with Crippen molar-refractivity contribution in [3.8, 4) is 0 Å². The van der Waals surface area contributed by atoms with E-state index in [0.717, 1.165) is 15.7 Å². The van der Waals surface area contributed by atoms with Crippen LogP contribution in [-0.2, 0) is 4.79 Å². The highest BCUT2D eigenvalue weighted by molar-refractivity contribution is 9.10. The molecule has 0 aliphatic rings. The zero-order chi connectivity index (χ0) is 12.3. The number of carboxylic acids is 1. The summed E-state index contributed by atoms with van der Waals surface area (Å²) in [7, 11) is 0. The molecule has 0 amide bonds. The normalized spacial score (nSPS) is 12.6. The van der Waals surface area contributed by atoms with Gasteiger partial charge in [0.1, 0.15) is 6.04 Å². The second-order valence-electron chi connectivity index (χ2n) is 4.17. The van der Waals surface area contributed by atoms with Gasteiger partial charge >= 0.3 is 5.97 Å². The third kappa shape index (κ3) is 3.23. The summed E-state index contributed by atoms with van der Waals surface area (Å²) in [6.45, 7) is 5.76. The Morgan fingerprint density at radius 2 is 2.06 bits per heavy atom. The van der Waals surface area contributed by atoms with Gasteiger partial charge in [-0.15, -0.1) is 0 Å². The lowest BCUT2D eigenvalue weighted by atomic mass is 10.0. The third-order valence-electron chi connectivity index (χ3n) is 2.43. The zero-order valence-corrected chi connectivity index (χ0v) is 11.2. The fraction of sp³-hybridized carbons (Fsp3) is 0.417. The molecule has 0 aromatic heterocycles. The molecule has 0 heterocycles. The van der Waals surface area contributed by atoms with Gasteiger partial charge in [-0.25, -0.2) is 4.79 Å². The Morgan fingerprint density at radius 1 is 1.44 bits per heavy atom. The smallest absolute Gasteiger partial charge is 0.326 e. The number of anilines is 1. The van der Waals surface area contributed by atoms with Crippen molar-refractivity contribution < 1.29 is 9.90 Å². The van der Waals surface area contributed by atoms with Gasteiger partial charge in [0.15, 0.2) is 0 Å². The molecule has 0 fully saturated rings. The molecule has 4 heteroatoms. The minimum atomic E-state index is -0.827. The number of rotatable bonds is 4. The Hall–Kier alpha value is -1.03. The molecule has 0 radical (unpaired) electrons. The molecule has 0 aliphatic carbocycles. The molecule has 1 atom stereocenters. The van der Waals surface area contributed by atoms with Crippen LogP contribution in [0.1, 0.15) is 19.4 Å². The van der Waals surface area contributed by atoms with Crippen molar-refractivity contribution in [1.29, 1.82) is 0 Å². The van der Waals surface area contributed by atoms with Crippen LogP contribution < -0.4 is 5.32 Å². The SMILES string of the molecule is Cc1ccc(NC(C(=O)O)C(C)C)cc1Br. The number of hydrogen-bond acceptors (Lipinski definition) is 2. The molecule has 16 heavy (non-hydrogen) atoms. The van der Waals surface area contributed by atoms with E-state index in [1.165, 1.54) is 0 Å². The highest BCUT2D eigenvalue weighted by Crippen LogP contribution is 2.22. The number of carboxylic acid groups (broad SMARTS) is 1. The van der Waals surface area contributed by atoms with Crippen LogP contribution in [0.2, 0.25) is 0 Å². The molecule has 1 aromatic carbocycles. The number of benzene rings is 1. The minimum absolute atomic E-state index is 0.0394. The van der Waals surface area contributed by atoms with Gasteiger partial charge in [0.25, 0.3) is 0 Å². The van der Waals surface area contributed by atoms with Gasteiger partial charge < -0.3 is 10.4 Å². The van der Waals surface area contributed by atoms with Crippen LogP contribution in [0.5, 0.6) is 0 Å². The molecule has 2 N–H and O–H groups in total. The molecule has 0 saturated carbocycles. The maximum atomic E-state index is 11.0. The fourth-order valence-corrected chi connectivity index (χ4v) is 1.75. The largest absolute Gasteiger partial charge is 0.480 e. The lowest BCUT2D eigenvalue weighted by Crippen LogP contribution is -2.34. The Labute approximate surface area is 104 Å². The standard InChI is InChI=1S/C12H16BrNO2/c1-7(2)11(12(15)16)14-9-5-4-8(3)10(13)6-9/h4-7,11,14H,1-3H3,(H,15,16). The maximum Gasteiger partial charge on any atom is 0.326 e. The summed E-state index contributed by atoms with van der Waals surface area (Å²) >= 11 is 3.42. The van der Waals surface area contributed by atoms with Gasteiger partial charge in [0.05, 0.1) is 0 Å². The van der Waals surface area contributed by atoms with Crippen molar-refractivity contribution in [3.63, 3.8) is 0 Å². The Kier molecular flexibility index (Phi) is 4.35. The summed E-state index contributed by atoms with van der Waals surface area (Å²) in [6.07, 6.45) is 0. The lowest BCUT2D eigenvalue weighted by Gasteiger charge is -2.19. The molecule has 1 rings (SSSR count). The minimum Gasteiger partial charge on any atom is -0.480 e. The van der Waals surface area contributed by atoms with E-state index >= 15 is 0 Å². The number of nitrogens with one attached hydrogen (secondary N) is 1. The van der Waals surface area contributed by atoms with E-state index in [-0.39, 0.29) is 5.92 Å². The van der Waals surface area contributed by atoms with Crippen LogP contribution in [-0.4, -0.2) is 17.1 Å². The Morgan fingerprint density at radius 3 is 2.50 bits per heavy atom. The van der Waals surface area contributed by atoms with Gasteiger partial charge in [-0.3, -0.25) is 0 Å². The summed E-state index contributed by atoms with van der Waals surface area (Å²) < 4.78 is 0.977. The average molecular weight is 286 g/mol. The molecule has 0 spiro atoms. The first-order valence-electron chi connectivity index (χ1n) is 5.17. The molecular weight excluding hydrogens is 270 g/mol. The van der Waals surface area contributed by atoms with Crippen LogP contribution in [0.3, 0.4) is 0 Å². The molecule has 1 unspecified atom stereocenters. The summed E-state index contributed by atoms with van der Waals surface area (Å²) in [5.74, 6) is -0.788. The van der Waals surface area contributed by atoms with E-state index in [9.17, 15) is 4.79 Å². The molecule has 1 aromatic rings. The first-order valence-corrected chi connectivity index (χ1v) is 5.96. The van der Waals surface area contributed by atoms with Crippen molar-refractivity contribution in [1.82, 2.24) is 0 Å². The Balaban J connectivity index is 2.86. The van der Waals surface area contributed by atoms with E-state index < -0.39 is 12.0 Å². The quantitative estimate of drug-likeness (QED) is 0.893. The summed E-state index contributed by atoms with van der Waals surface area (Å²) in [6, 6.07) is 5.17. The van der Waals surface area contributed by atoms with Crippen LogP contribution in [0.15, 0.2) is 22.7 Å². The van der Waals surface area contributed by atoms with Gasteiger partial charge in [-0.1, -0.05) is 35.8 Å². The zero-order valence-electron chi connectivity index (χ0n) is 9.62. The summed E-state index contributed by atoms with van der Waals surface area (Å²) in [5, 5.41) is 12.1. The maximum absolute atomic E-state index is 11.0. The highest BCUT2D eigenvalue weighted by Gasteiger charge is 2.20. The average Bonchev–Trinajstić information content (AvgIpc) is 2.18. The fourth-order valence-electron chi connectivity index (χ4n) is 1.38. The molecular formula is C12H16BrNO2. The van der Waals surface area contributed by atoms with Crippen LogP contribution in [0.25, 0.3) is 0 Å². The molecule has 88 valence electrons. The van der Waals surface area contributed by atoms with Crippen molar-refractivity contribution in [2.45, 2.75) is 26.8 Å². The van der Waals surface area contributed by atoms with E-state index in [2.05, 4.69) is 21.2 Å². The van der Waals surface area contributed by atoms with E-state index in [1.807, 2.05) is 39.0 Å². The van der Waals surface area contributed by atoms with Crippen molar-refractivity contribution >= 4 is 27.6 Å². The number of halogens is 1.